The van der Waals surface area contributed by atoms with Gasteiger partial charge in [-0.1, -0.05) is 12.2 Å². The van der Waals surface area contributed by atoms with E-state index < -0.39 is 0 Å². The van der Waals surface area contributed by atoms with E-state index in [4.69, 9.17) is 5.73 Å². The van der Waals surface area contributed by atoms with Crippen molar-refractivity contribution >= 4 is 5.91 Å². The highest BCUT2D eigenvalue weighted by molar-refractivity contribution is 5.77. The van der Waals surface area contributed by atoms with Gasteiger partial charge in [-0.25, -0.2) is 0 Å². The van der Waals surface area contributed by atoms with Crippen LogP contribution in [0.15, 0.2) is 12.2 Å². The molecule has 0 aliphatic carbocycles. The van der Waals surface area contributed by atoms with Gasteiger partial charge >= 0.3 is 0 Å². The first-order valence-corrected chi connectivity index (χ1v) is 4.59. The van der Waals surface area contributed by atoms with Crippen molar-refractivity contribution in [1.82, 2.24) is 10.2 Å². The molecule has 1 heterocycles. The van der Waals surface area contributed by atoms with Gasteiger partial charge in [0, 0.05) is 26.2 Å². The average molecular weight is 183 g/mol. The predicted molar refractivity (Wildman–Crippen MR) is 52.2 cm³/mol. The third-order valence-electron chi connectivity index (χ3n) is 2.28. The Balaban J connectivity index is 2.47. The molecule has 1 aliphatic heterocycles. The van der Waals surface area contributed by atoms with Crippen LogP contribution in [-0.4, -0.2) is 43.5 Å². The van der Waals surface area contributed by atoms with Gasteiger partial charge in [0.15, 0.2) is 0 Å². The first-order chi connectivity index (χ1) is 6.27. The monoisotopic (exact) mass is 183 g/mol. The fourth-order valence-electron chi connectivity index (χ4n) is 1.47. The zero-order valence-corrected chi connectivity index (χ0v) is 7.99. The van der Waals surface area contributed by atoms with Gasteiger partial charge in [-0.2, -0.15) is 0 Å². The zero-order valence-electron chi connectivity index (χ0n) is 7.99. The maximum atomic E-state index is 11.1. The molecule has 1 aliphatic rings. The van der Waals surface area contributed by atoms with E-state index in [0.717, 1.165) is 13.0 Å². The Morgan fingerprint density at radius 1 is 1.77 bits per heavy atom. The molecule has 0 saturated carbocycles. The highest BCUT2D eigenvalue weighted by Gasteiger charge is 2.18. The van der Waals surface area contributed by atoms with Crippen LogP contribution in [0.1, 0.15) is 6.42 Å². The molecule has 0 spiro atoms. The molecule has 0 bridgehead atoms. The molecule has 1 rings (SSSR count). The smallest absolute Gasteiger partial charge is 0.233 e. The van der Waals surface area contributed by atoms with Gasteiger partial charge in [0.1, 0.15) is 0 Å². The molecule has 0 radical (unpaired) electrons. The normalized spacial score (nSPS) is 23.1. The number of rotatable bonds is 3. The van der Waals surface area contributed by atoms with E-state index in [-0.39, 0.29) is 11.9 Å². The van der Waals surface area contributed by atoms with Gasteiger partial charge < -0.3 is 11.1 Å². The van der Waals surface area contributed by atoms with Crippen LogP contribution in [0.4, 0.5) is 0 Å². The van der Waals surface area contributed by atoms with E-state index in [2.05, 4.69) is 22.4 Å². The lowest BCUT2D eigenvalue weighted by molar-refractivity contribution is -0.122. The van der Waals surface area contributed by atoms with Gasteiger partial charge in [-0.3, -0.25) is 9.69 Å². The van der Waals surface area contributed by atoms with Gasteiger partial charge in [-0.05, 0) is 6.42 Å². The highest BCUT2D eigenvalue weighted by atomic mass is 16.1. The Hall–Kier alpha value is -0.870. The summed E-state index contributed by atoms with van der Waals surface area (Å²) < 4.78 is 0. The van der Waals surface area contributed by atoms with E-state index in [9.17, 15) is 4.79 Å². The molecule has 1 unspecified atom stereocenters. The van der Waals surface area contributed by atoms with Crippen LogP contribution in [0.5, 0.6) is 0 Å². The third kappa shape index (κ3) is 2.82. The molecule has 0 saturated heterocycles. The lowest BCUT2D eigenvalue weighted by Gasteiger charge is -2.30. The summed E-state index contributed by atoms with van der Waals surface area (Å²) in [5.41, 5.74) is 5.59. The molecule has 1 amide bonds. The van der Waals surface area contributed by atoms with Crippen LogP contribution in [0.25, 0.3) is 0 Å². The van der Waals surface area contributed by atoms with Crippen LogP contribution in [0.3, 0.4) is 0 Å². The lowest BCUT2D eigenvalue weighted by atomic mass is 10.1. The minimum absolute atomic E-state index is 0.0498. The predicted octanol–water partition coefficient (Wildman–Crippen LogP) is -0.678. The van der Waals surface area contributed by atoms with Crippen molar-refractivity contribution in [2.24, 2.45) is 5.73 Å². The minimum Gasteiger partial charge on any atom is -0.358 e. The number of amides is 1. The molecule has 0 aromatic heterocycles. The van der Waals surface area contributed by atoms with Gasteiger partial charge in [0.05, 0.1) is 6.54 Å². The number of carbonyl (C=O) groups is 1. The Labute approximate surface area is 78.8 Å². The summed E-state index contributed by atoms with van der Waals surface area (Å²) in [6, 6.07) is 0.228. The minimum atomic E-state index is 0.0498. The van der Waals surface area contributed by atoms with Crippen molar-refractivity contribution in [3.63, 3.8) is 0 Å². The fourth-order valence-corrected chi connectivity index (χ4v) is 1.47. The number of likely N-dealkylation sites (N-methyl/N-ethyl adjacent to an activating group) is 1. The summed E-state index contributed by atoms with van der Waals surface area (Å²) in [5.74, 6) is 0.0498. The average Bonchev–Trinajstić information content (AvgIpc) is 2.18. The number of hydrogen-bond acceptors (Lipinski definition) is 3. The summed E-state index contributed by atoms with van der Waals surface area (Å²) in [4.78, 5) is 13.2. The van der Waals surface area contributed by atoms with Crippen molar-refractivity contribution in [3.8, 4) is 0 Å². The SMILES string of the molecule is CNC(=O)CN1CCC=CC1CN. The highest BCUT2D eigenvalue weighted by Crippen LogP contribution is 2.07. The Kier molecular flexibility index (Phi) is 3.92. The van der Waals surface area contributed by atoms with E-state index in [1.165, 1.54) is 0 Å². The first-order valence-electron chi connectivity index (χ1n) is 4.59. The van der Waals surface area contributed by atoms with Gasteiger partial charge in [-0.15, -0.1) is 0 Å². The molecular weight excluding hydrogens is 166 g/mol. The van der Waals surface area contributed by atoms with Crippen LogP contribution in [0, 0.1) is 0 Å². The van der Waals surface area contributed by atoms with Crippen LogP contribution in [-0.2, 0) is 4.79 Å². The van der Waals surface area contributed by atoms with Crippen molar-refractivity contribution in [3.05, 3.63) is 12.2 Å². The second kappa shape index (κ2) is 4.99. The quantitative estimate of drug-likeness (QED) is 0.570. The molecule has 1 atom stereocenters. The molecule has 0 fully saturated rings. The van der Waals surface area contributed by atoms with Crippen molar-refractivity contribution in [2.75, 3.05) is 26.7 Å². The Morgan fingerprint density at radius 2 is 2.54 bits per heavy atom. The number of nitrogens with one attached hydrogen (secondary N) is 1. The maximum Gasteiger partial charge on any atom is 0.233 e. The summed E-state index contributed by atoms with van der Waals surface area (Å²) >= 11 is 0. The second-order valence-corrected chi connectivity index (χ2v) is 3.16. The lowest BCUT2D eigenvalue weighted by Crippen LogP contribution is -2.46. The molecule has 4 nitrogen and oxygen atoms in total. The van der Waals surface area contributed by atoms with E-state index in [1.807, 2.05) is 0 Å². The third-order valence-corrected chi connectivity index (χ3v) is 2.28. The van der Waals surface area contributed by atoms with E-state index in [0.29, 0.717) is 13.1 Å². The largest absolute Gasteiger partial charge is 0.358 e. The van der Waals surface area contributed by atoms with E-state index >= 15 is 0 Å². The molecular formula is C9H17N3O. The first kappa shape index (κ1) is 10.2. The van der Waals surface area contributed by atoms with Gasteiger partial charge in [0.2, 0.25) is 5.91 Å². The number of hydrogen-bond donors (Lipinski definition) is 2. The standard InChI is InChI=1S/C9H17N3O/c1-11-9(13)7-12-5-3-2-4-8(12)6-10/h2,4,8H,3,5-7,10H2,1H3,(H,11,13). The molecule has 4 heteroatoms. The second-order valence-electron chi connectivity index (χ2n) is 3.16. The molecule has 13 heavy (non-hydrogen) atoms. The number of nitrogens with two attached hydrogens (primary N) is 1. The topological polar surface area (TPSA) is 58.4 Å². The summed E-state index contributed by atoms with van der Waals surface area (Å²) in [6.45, 7) is 1.95. The van der Waals surface area contributed by atoms with Crippen LogP contribution in [0.2, 0.25) is 0 Å². The zero-order chi connectivity index (χ0) is 9.68. The molecule has 0 aromatic rings. The van der Waals surface area contributed by atoms with Crippen LogP contribution >= 0.6 is 0 Å². The molecule has 3 N–H and O–H groups in total. The van der Waals surface area contributed by atoms with Crippen molar-refractivity contribution < 1.29 is 4.79 Å². The van der Waals surface area contributed by atoms with Gasteiger partial charge in [0.25, 0.3) is 0 Å². The van der Waals surface area contributed by atoms with Crippen molar-refractivity contribution in [2.45, 2.75) is 12.5 Å². The van der Waals surface area contributed by atoms with Crippen LogP contribution < -0.4 is 11.1 Å². The summed E-state index contributed by atoms with van der Waals surface area (Å²) in [7, 11) is 1.65. The number of carbonyl (C=O) groups excluding carboxylic acids is 1. The Bertz CT molecular complexity index is 203. The van der Waals surface area contributed by atoms with Crippen molar-refractivity contribution in [1.29, 1.82) is 0 Å². The fraction of sp³-hybridized carbons (Fsp3) is 0.667. The maximum absolute atomic E-state index is 11.1. The van der Waals surface area contributed by atoms with E-state index in [1.54, 1.807) is 7.05 Å². The summed E-state index contributed by atoms with van der Waals surface area (Å²) in [6.07, 6.45) is 5.21. The number of nitrogens with zero attached hydrogens (tertiary/aromatic N) is 1. The Morgan fingerprint density at radius 3 is 3.15 bits per heavy atom. The molecule has 74 valence electrons. The summed E-state index contributed by atoms with van der Waals surface area (Å²) in [5, 5.41) is 2.61. The molecule has 0 aromatic carbocycles.